The fraction of sp³-hybridized carbons (Fsp3) is 0.167. The van der Waals surface area contributed by atoms with Gasteiger partial charge in [-0.3, -0.25) is 0 Å². The second kappa shape index (κ2) is 4.09. The van der Waals surface area contributed by atoms with Gasteiger partial charge in [-0.05, 0) is 42.3 Å². The number of nitrogens with one attached hydrogen (secondary N) is 2. The number of aromatic hydroxyl groups is 1. The number of phenolic OH excluding ortho intramolecular Hbond substituents is 1. The highest BCUT2D eigenvalue weighted by atomic mass is 16.3. The molecule has 0 bridgehead atoms. The third kappa shape index (κ3) is 2.31. The molecule has 3 nitrogen and oxygen atoms in total. The van der Waals surface area contributed by atoms with E-state index in [2.05, 4.69) is 10.3 Å². The summed E-state index contributed by atoms with van der Waals surface area (Å²) in [5, 5.41) is 12.6. The van der Waals surface area contributed by atoms with E-state index in [4.69, 9.17) is 0 Å². The summed E-state index contributed by atoms with van der Waals surface area (Å²) in [4.78, 5) is 3.01. The van der Waals surface area contributed by atoms with Crippen molar-refractivity contribution in [3.05, 3.63) is 47.8 Å². The van der Waals surface area contributed by atoms with Gasteiger partial charge in [-0.1, -0.05) is 0 Å². The zero-order chi connectivity index (χ0) is 10.7. The first-order valence-corrected chi connectivity index (χ1v) is 4.91. The first kappa shape index (κ1) is 9.65. The van der Waals surface area contributed by atoms with Crippen molar-refractivity contribution in [1.29, 1.82) is 0 Å². The van der Waals surface area contributed by atoms with Crippen molar-refractivity contribution >= 4 is 5.69 Å². The lowest BCUT2D eigenvalue weighted by molar-refractivity contribution is 0.471. The summed E-state index contributed by atoms with van der Waals surface area (Å²) in [5.74, 6) is 0.335. The maximum atomic E-state index is 9.36. The molecule has 0 unspecified atom stereocenters. The molecule has 0 fully saturated rings. The van der Waals surface area contributed by atoms with E-state index in [0.29, 0.717) is 5.75 Å². The summed E-state index contributed by atoms with van der Waals surface area (Å²) in [7, 11) is 0. The molecule has 78 valence electrons. The molecule has 1 aromatic carbocycles. The Kier molecular flexibility index (Phi) is 2.63. The third-order valence-corrected chi connectivity index (χ3v) is 2.36. The number of rotatable bonds is 3. The standard InChI is InChI=1S/C12H14N2O/c1-9-6-11(2-3-12(9)15)14-8-10-4-5-13-7-10/h2-7,13-15H,8H2,1H3. The van der Waals surface area contributed by atoms with Gasteiger partial charge in [-0.2, -0.15) is 0 Å². The van der Waals surface area contributed by atoms with Crippen LogP contribution in [0.4, 0.5) is 5.69 Å². The molecule has 2 aromatic rings. The molecule has 0 aliphatic rings. The summed E-state index contributed by atoms with van der Waals surface area (Å²) in [6.45, 7) is 2.67. The number of hydrogen-bond acceptors (Lipinski definition) is 2. The lowest BCUT2D eigenvalue weighted by Crippen LogP contribution is -1.98. The number of phenols is 1. The van der Waals surface area contributed by atoms with Gasteiger partial charge in [0, 0.05) is 24.6 Å². The van der Waals surface area contributed by atoms with E-state index in [1.54, 1.807) is 6.07 Å². The van der Waals surface area contributed by atoms with E-state index in [9.17, 15) is 5.11 Å². The second-order valence-corrected chi connectivity index (χ2v) is 3.57. The van der Waals surface area contributed by atoms with Crippen LogP contribution < -0.4 is 5.32 Å². The van der Waals surface area contributed by atoms with Gasteiger partial charge in [0.15, 0.2) is 0 Å². The minimum Gasteiger partial charge on any atom is -0.508 e. The van der Waals surface area contributed by atoms with Gasteiger partial charge in [-0.25, -0.2) is 0 Å². The van der Waals surface area contributed by atoms with Crippen molar-refractivity contribution < 1.29 is 5.11 Å². The molecule has 3 heteroatoms. The summed E-state index contributed by atoms with van der Waals surface area (Å²) in [6.07, 6.45) is 3.86. The smallest absolute Gasteiger partial charge is 0.118 e. The lowest BCUT2D eigenvalue weighted by Gasteiger charge is -2.06. The van der Waals surface area contributed by atoms with Crippen molar-refractivity contribution in [3.63, 3.8) is 0 Å². The summed E-state index contributed by atoms with van der Waals surface area (Å²) >= 11 is 0. The maximum Gasteiger partial charge on any atom is 0.118 e. The number of benzene rings is 1. The first-order valence-electron chi connectivity index (χ1n) is 4.91. The van der Waals surface area contributed by atoms with Crippen LogP contribution in [-0.2, 0) is 6.54 Å². The van der Waals surface area contributed by atoms with E-state index in [1.807, 2.05) is 37.5 Å². The Hall–Kier alpha value is -1.90. The number of aryl methyl sites for hydroxylation is 1. The van der Waals surface area contributed by atoms with E-state index < -0.39 is 0 Å². The Bertz CT molecular complexity index is 435. The molecule has 0 aliphatic carbocycles. The Labute approximate surface area is 88.8 Å². The molecular formula is C12H14N2O. The number of H-pyrrole nitrogens is 1. The lowest BCUT2D eigenvalue weighted by atomic mass is 10.2. The highest BCUT2D eigenvalue weighted by molar-refractivity contribution is 5.50. The van der Waals surface area contributed by atoms with Gasteiger partial charge in [0.2, 0.25) is 0 Å². The predicted octanol–water partition coefficient (Wildman–Crippen LogP) is 2.64. The highest BCUT2D eigenvalue weighted by Gasteiger charge is 1.98. The van der Waals surface area contributed by atoms with Gasteiger partial charge in [-0.15, -0.1) is 0 Å². The molecule has 0 spiro atoms. The van der Waals surface area contributed by atoms with Gasteiger partial charge >= 0.3 is 0 Å². The van der Waals surface area contributed by atoms with Crippen LogP contribution in [0.2, 0.25) is 0 Å². The highest BCUT2D eigenvalue weighted by Crippen LogP contribution is 2.20. The number of aromatic amines is 1. The molecule has 0 amide bonds. The van der Waals surface area contributed by atoms with E-state index in [1.165, 1.54) is 5.56 Å². The van der Waals surface area contributed by atoms with Crippen LogP contribution >= 0.6 is 0 Å². The number of aromatic nitrogens is 1. The summed E-state index contributed by atoms with van der Waals surface area (Å²) in [6, 6.07) is 7.53. The molecule has 0 aliphatic heterocycles. The molecule has 3 N–H and O–H groups in total. The first-order chi connectivity index (χ1) is 7.25. The zero-order valence-corrected chi connectivity index (χ0v) is 8.62. The Morgan fingerprint density at radius 1 is 1.33 bits per heavy atom. The molecule has 0 saturated heterocycles. The summed E-state index contributed by atoms with van der Waals surface area (Å²) < 4.78 is 0. The normalized spacial score (nSPS) is 10.2. The van der Waals surface area contributed by atoms with Crippen LogP contribution in [0.25, 0.3) is 0 Å². The Morgan fingerprint density at radius 2 is 2.20 bits per heavy atom. The van der Waals surface area contributed by atoms with Gasteiger partial charge in [0.05, 0.1) is 0 Å². The average molecular weight is 202 g/mol. The minimum atomic E-state index is 0.335. The largest absolute Gasteiger partial charge is 0.508 e. The van der Waals surface area contributed by atoms with Crippen molar-refractivity contribution in [2.24, 2.45) is 0 Å². The van der Waals surface area contributed by atoms with Crippen molar-refractivity contribution in [2.75, 3.05) is 5.32 Å². The topological polar surface area (TPSA) is 48.0 Å². The van der Waals surface area contributed by atoms with Crippen LogP contribution in [0.3, 0.4) is 0 Å². The fourth-order valence-electron chi connectivity index (χ4n) is 1.44. The van der Waals surface area contributed by atoms with Crippen LogP contribution in [0, 0.1) is 6.92 Å². The zero-order valence-electron chi connectivity index (χ0n) is 8.62. The minimum absolute atomic E-state index is 0.335. The monoisotopic (exact) mass is 202 g/mol. The molecule has 15 heavy (non-hydrogen) atoms. The van der Waals surface area contributed by atoms with Crippen molar-refractivity contribution in [2.45, 2.75) is 13.5 Å². The second-order valence-electron chi connectivity index (χ2n) is 3.57. The average Bonchev–Trinajstić information content (AvgIpc) is 2.73. The molecule has 1 heterocycles. The van der Waals surface area contributed by atoms with Crippen molar-refractivity contribution in [1.82, 2.24) is 4.98 Å². The number of anilines is 1. The van der Waals surface area contributed by atoms with Crippen LogP contribution in [-0.4, -0.2) is 10.1 Å². The quantitative estimate of drug-likeness (QED) is 0.670. The molecule has 0 atom stereocenters. The SMILES string of the molecule is Cc1cc(NCc2cc[nH]c2)ccc1O. The molecule has 0 saturated carbocycles. The molecule has 0 radical (unpaired) electrons. The van der Waals surface area contributed by atoms with Gasteiger partial charge < -0.3 is 15.4 Å². The number of hydrogen-bond donors (Lipinski definition) is 3. The van der Waals surface area contributed by atoms with E-state index in [-0.39, 0.29) is 0 Å². The summed E-state index contributed by atoms with van der Waals surface area (Å²) in [5.41, 5.74) is 3.11. The predicted molar refractivity (Wildman–Crippen MR) is 61.0 cm³/mol. The Morgan fingerprint density at radius 3 is 2.87 bits per heavy atom. The van der Waals surface area contributed by atoms with Crippen LogP contribution in [0.1, 0.15) is 11.1 Å². The molecule has 2 rings (SSSR count). The van der Waals surface area contributed by atoms with E-state index >= 15 is 0 Å². The fourth-order valence-corrected chi connectivity index (χ4v) is 1.44. The van der Waals surface area contributed by atoms with Gasteiger partial charge in [0.1, 0.15) is 5.75 Å². The van der Waals surface area contributed by atoms with Crippen molar-refractivity contribution in [3.8, 4) is 5.75 Å². The molecular weight excluding hydrogens is 188 g/mol. The van der Waals surface area contributed by atoms with Crippen LogP contribution in [0.15, 0.2) is 36.7 Å². The van der Waals surface area contributed by atoms with E-state index in [0.717, 1.165) is 17.8 Å². The van der Waals surface area contributed by atoms with Crippen LogP contribution in [0.5, 0.6) is 5.75 Å². The van der Waals surface area contributed by atoms with Gasteiger partial charge in [0.25, 0.3) is 0 Å². The Balaban J connectivity index is 2.02. The molecule has 1 aromatic heterocycles. The maximum absolute atomic E-state index is 9.36. The third-order valence-electron chi connectivity index (χ3n) is 2.36.